The lowest BCUT2D eigenvalue weighted by molar-refractivity contribution is -0.0983. The molecule has 0 aliphatic carbocycles. The van der Waals surface area contributed by atoms with E-state index in [1.54, 1.807) is 7.11 Å². The van der Waals surface area contributed by atoms with Gasteiger partial charge in [0.15, 0.2) is 0 Å². The van der Waals surface area contributed by atoms with E-state index in [1.165, 1.54) is 5.56 Å². The molecule has 3 unspecified atom stereocenters. The molecule has 1 saturated heterocycles. The van der Waals surface area contributed by atoms with Crippen molar-refractivity contribution in [3.05, 3.63) is 64.2 Å². The maximum atomic E-state index is 10.1. The van der Waals surface area contributed by atoms with Crippen molar-refractivity contribution in [2.24, 2.45) is 0 Å². The summed E-state index contributed by atoms with van der Waals surface area (Å²) in [5.74, 6) is 0.846. The number of rotatable bonds is 5. The Bertz CT molecular complexity index is 699. The molecule has 0 amide bonds. The van der Waals surface area contributed by atoms with Crippen LogP contribution in [0.25, 0.3) is 0 Å². The van der Waals surface area contributed by atoms with E-state index in [0.29, 0.717) is 6.42 Å². The highest BCUT2D eigenvalue weighted by Gasteiger charge is 2.28. The van der Waals surface area contributed by atoms with Crippen molar-refractivity contribution >= 4 is 11.6 Å². The van der Waals surface area contributed by atoms with Crippen LogP contribution in [0.4, 0.5) is 0 Å². The molecular formula is C21H25ClO3. The summed E-state index contributed by atoms with van der Waals surface area (Å²) in [5, 5.41) is 10.9. The molecule has 2 aromatic rings. The minimum Gasteiger partial charge on any atom is -0.497 e. The second kappa shape index (κ2) is 8.22. The fourth-order valence-corrected chi connectivity index (χ4v) is 3.55. The molecule has 1 aliphatic rings. The van der Waals surface area contributed by atoms with Crippen LogP contribution in [0.3, 0.4) is 0 Å². The molecule has 134 valence electrons. The third-order valence-electron chi connectivity index (χ3n) is 4.83. The summed E-state index contributed by atoms with van der Waals surface area (Å²) in [5.41, 5.74) is 3.34. The van der Waals surface area contributed by atoms with E-state index in [2.05, 4.69) is 25.1 Å². The van der Waals surface area contributed by atoms with Crippen LogP contribution < -0.4 is 4.74 Å². The summed E-state index contributed by atoms with van der Waals surface area (Å²) in [6.07, 6.45) is 2.78. The zero-order chi connectivity index (χ0) is 17.8. The molecule has 0 radical (unpaired) electrons. The van der Waals surface area contributed by atoms with Gasteiger partial charge in [-0.2, -0.15) is 0 Å². The van der Waals surface area contributed by atoms with Crippen LogP contribution in [0.15, 0.2) is 42.5 Å². The Labute approximate surface area is 154 Å². The number of methoxy groups -OCH3 is 1. The predicted molar refractivity (Wildman–Crippen MR) is 100 cm³/mol. The Hall–Kier alpha value is -1.55. The third kappa shape index (κ3) is 4.55. The summed E-state index contributed by atoms with van der Waals surface area (Å²) in [6.45, 7) is 2.09. The highest BCUT2D eigenvalue weighted by Crippen LogP contribution is 2.34. The molecule has 1 N–H and O–H groups in total. The average molecular weight is 361 g/mol. The molecule has 25 heavy (non-hydrogen) atoms. The van der Waals surface area contributed by atoms with Crippen LogP contribution in [-0.4, -0.2) is 24.4 Å². The molecule has 4 heteroatoms. The lowest BCUT2D eigenvalue weighted by Crippen LogP contribution is -2.30. The van der Waals surface area contributed by atoms with Gasteiger partial charge < -0.3 is 14.6 Å². The van der Waals surface area contributed by atoms with E-state index in [9.17, 15) is 5.11 Å². The zero-order valence-corrected chi connectivity index (χ0v) is 15.5. The monoisotopic (exact) mass is 360 g/mol. The van der Waals surface area contributed by atoms with E-state index < -0.39 is 0 Å². The van der Waals surface area contributed by atoms with Crippen molar-refractivity contribution in [1.82, 2.24) is 0 Å². The Balaban J connectivity index is 1.79. The smallest absolute Gasteiger partial charge is 0.118 e. The van der Waals surface area contributed by atoms with Gasteiger partial charge >= 0.3 is 0 Å². The first-order chi connectivity index (χ1) is 12.1. The summed E-state index contributed by atoms with van der Waals surface area (Å²) in [4.78, 5) is 0. The molecule has 0 saturated carbocycles. The molecule has 0 bridgehead atoms. The minimum absolute atomic E-state index is 0.0689. The predicted octanol–water partition coefficient (Wildman–Crippen LogP) is 4.93. The second-order valence-corrected chi connectivity index (χ2v) is 7.06. The van der Waals surface area contributed by atoms with Crippen LogP contribution in [0.1, 0.15) is 49.0 Å². The van der Waals surface area contributed by atoms with Gasteiger partial charge in [0, 0.05) is 11.4 Å². The van der Waals surface area contributed by atoms with Crippen LogP contribution in [0, 0.1) is 0 Å². The van der Waals surface area contributed by atoms with Crippen LogP contribution in [0.2, 0.25) is 5.02 Å². The SMILES string of the molecule is CCC1CC(O)CC(c2ccc(Cl)c(Cc3ccc(OC)cc3)c2)O1. The highest BCUT2D eigenvalue weighted by molar-refractivity contribution is 6.31. The van der Waals surface area contributed by atoms with Gasteiger partial charge in [-0.1, -0.05) is 42.8 Å². The van der Waals surface area contributed by atoms with Crippen LogP contribution in [-0.2, 0) is 11.2 Å². The topological polar surface area (TPSA) is 38.7 Å². The van der Waals surface area contributed by atoms with Gasteiger partial charge in [0.05, 0.1) is 25.4 Å². The Morgan fingerprint density at radius 2 is 1.92 bits per heavy atom. The lowest BCUT2D eigenvalue weighted by Gasteiger charge is -2.33. The Kier molecular flexibility index (Phi) is 6.00. The summed E-state index contributed by atoms with van der Waals surface area (Å²) < 4.78 is 11.4. The van der Waals surface area contributed by atoms with E-state index >= 15 is 0 Å². The second-order valence-electron chi connectivity index (χ2n) is 6.66. The van der Waals surface area contributed by atoms with Crippen molar-refractivity contribution in [1.29, 1.82) is 0 Å². The molecule has 3 nitrogen and oxygen atoms in total. The molecular weight excluding hydrogens is 336 g/mol. The van der Waals surface area contributed by atoms with E-state index in [-0.39, 0.29) is 18.3 Å². The molecule has 1 fully saturated rings. The Morgan fingerprint density at radius 1 is 1.16 bits per heavy atom. The number of ether oxygens (including phenoxy) is 2. The minimum atomic E-state index is -0.301. The Morgan fingerprint density at radius 3 is 2.60 bits per heavy atom. The highest BCUT2D eigenvalue weighted by atomic mass is 35.5. The maximum Gasteiger partial charge on any atom is 0.118 e. The largest absolute Gasteiger partial charge is 0.497 e. The van der Waals surface area contributed by atoms with Gasteiger partial charge in [0.25, 0.3) is 0 Å². The number of hydrogen-bond donors (Lipinski definition) is 1. The molecule has 0 aromatic heterocycles. The van der Waals surface area contributed by atoms with Crippen molar-refractivity contribution < 1.29 is 14.6 Å². The number of aliphatic hydroxyl groups is 1. The summed E-state index contributed by atoms with van der Waals surface area (Å²) in [6, 6.07) is 14.1. The van der Waals surface area contributed by atoms with Crippen molar-refractivity contribution in [2.45, 2.75) is 50.9 Å². The van der Waals surface area contributed by atoms with Crippen molar-refractivity contribution in [2.75, 3.05) is 7.11 Å². The molecule has 2 aromatic carbocycles. The standard InChI is InChI=1S/C21H25ClO3/c1-3-18-12-17(23)13-21(25-18)15-6-9-20(22)16(11-15)10-14-4-7-19(24-2)8-5-14/h4-9,11,17-18,21,23H,3,10,12-13H2,1-2H3. The van der Waals surface area contributed by atoms with Crippen molar-refractivity contribution in [3.8, 4) is 5.75 Å². The average Bonchev–Trinajstić information content (AvgIpc) is 2.63. The molecule has 3 atom stereocenters. The summed E-state index contributed by atoms with van der Waals surface area (Å²) >= 11 is 6.41. The first-order valence-electron chi connectivity index (χ1n) is 8.83. The molecule has 1 aliphatic heterocycles. The number of hydrogen-bond acceptors (Lipinski definition) is 3. The number of aliphatic hydroxyl groups excluding tert-OH is 1. The maximum absolute atomic E-state index is 10.1. The van der Waals surface area contributed by atoms with Gasteiger partial charge in [0.2, 0.25) is 0 Å². The summed E-state index contributed by atoms with van der Waals surface area (Å²) in [7, 11) is 1.66. The van der Waals surface area contributed by atoms with E-state index in [1.807, 2.05) is 24.3 Å². The van der Waals surface area contributed by atoms with Gasteiger partial charge in [-0.25, -0.2) is 0 Å². The first kappa shape index (κ1) is 18.2. The molecule has 3 rings (SSSR count). The number of halogens is 1. The van der Waals surface area contributed by atoms with Crippen LogP contribution >= 0.6 is 11.6 Å². The molecule has 1 heterocycles. The van der Waals surface area contributed by atoms with Crippen molar-refractivity contribution in [3.63, 3.8) is 0 Å². The van der Waals surface area contributed by atoms with E-state index in [0.717, 1.165) is 41.2 Å². The third-order valence-corrected chi connectivity index (χ3v) is 5.20. The van der Waals surface area contributed by atoms with Gasteiger partial charge in [-0.15, -0.1) is 0 Å². The van der Waals surface area contributed by atoms with E-state index in [4.69, 9.17) is 21.1 Å². The molecule has 0 spiro atoms. The van der Waals surface area contributed by atoms with Gasteiger partial charge in [0.1, 0.15) is 5.75 Å². The van der Waals surface area contributed by atoms with Gasteiger partial charge in [-0.3, -0.25) is 0 Å². The fourth-order valence-electron chi connectivity index (χ4n) is 3.36. The zero-order valence-electron chi connectivity index (χ0n) is 14.7. The first-order valence-corrected chi connectivity index (χ1v) is 9.21. The fraction of sp³-hybridized carbons (Fsp3) is 0.429. The number of benzene rings is 2. The van der Waals surface area contributed by atoms with Gasteiger partial charge in [-0.05, 0) is 54.2 Å². The lowest BCUT2D eigenvalue weighted by atomic mass is 9.93. The quantitative estimate of drug-likeness (QED) is 0.821. The van der Waals surface area contributed by atoms with Crippen LogP contribution in [0.5, 0.6) is 5.75 Å². The normalized spacial score (nSPS) is 23.4.